The van der Waals surface area contributed by atoms with Gasteiger partial charge in [-0.25, -0.2) is 0 Å². The van der Waals surface area contributed by atoms with E-state index in [0.29, 0.717) is 6.42 Å². The van der Waals surface area contributed by atoms with Crippen LogP contribution in [-0.4, -0.2) is 44.9 Å². The number of likely N-dealkylation sites (N-methyl/N-ethyl adjacent to an activating group) is 2. The number of aldehydes is 1. The van der Waals surface area contributed by atoms with E-state index in [9.17, 15) is 4.79 Å². The van der Waals surface area contributed by atoms with Gasteiger partial charge in [0.15, 0.2) is 0 Å². The van der Waals surface area contributed by atoms with Crippen LogP contribution < -0.4 is 10.6 Å². The minimum Gasteiger partial charge on any atom is -0.391 e. The molecular weight excluding hydrogens is 370 g/mol. The van der Waals surface area contributed by atoms with Gasteiger partial charge in [-0.1, -0.05) is 57.2 Å². The van der Waals surface area contributed by atoms with Crippen LogP contribution in [0.25, 0.3) is 6.08 Å². The smallest absolute Gasteiger partial charge is 0.120 e. The maximum absolute atomic E-state index is 10.9. The minimum atomic E-state index is 0.124. The van der Waals surface area contributed by atoms with E-state index in [2.05, 4.69) is 60.9 Å². The van der Waals surface area contributed by atoms with Crippen LogP contribution in [0.3, 0.4) is 0 Å². The molecule has 0 spiro atoms. The lowest BCUT2D eigenvalue weighted by molar-refractivity contribution is -0.108. The first-order valence-electron chi connectivity index (χ1n) is 11.4. The van der Waals surface area contributed by atoms with Crippen molar-refractivity contribution in [3.63, 3.8) is 0 Å². The van der Waals surface area contributed by atoms with Gasteiger partial charge in [-0.05, 0) is 68.9 Å². The van der Waals surface area contributed by atoms with Gasteiger partial charge in [0, 0.05) is 31.8 Å². The Morgan fingerprint density at radius 1 is 1.20 bits per heavy atom. The fraction of sp³-hybridized carbons (Fsp3) is 0.577. The third kappa shape index (κ3) is 9.27. The fourth-order valence-corrected chi connectivity index (χ4v) is 3.93. The van der Waals surface area contributed by atoms with E-state index in [1.807, 2.05) is 20.2 Å². The van der Waals surface area contributed by atoms with E-state index >= 15 is 0 Å². The minimum absolute atomic E-state index is 0.124. The predicted molar refractivity (Wildman–Crippen MR) is 131 cm³/mol. The second-order valence-corrected chi connectivity index (χ2v) is 8.43. The number of rotatable bonds is 17. The van der Waals surface area contributed by atoms with Crippen molar-refractivity contribution in [1.82, 2.24) is 15.5 Å². The molecule has 4 heteroatoms. The van der Waals surface area contributed by atoms with Crippen LogP contribution in [0.1, 0.15) is 62.1 Å². The Bertz CT molecular complexity index is 656. The molecule has 2 atom stereocenters. The first-order valence-corrected chi connectivity index (χ1v) is 11.4. The second-order valence-electron chi connectivity index (χ2n) is 8.43. The molecule has 1 aromatic carbocycles. The average Bonchev–Trinajstić information content (AvgIpc) is 2.75. The zero-order valence-electron chi connectivity index (χ0n) is 19.7. The summed E-state index contributed by atoms with van der Waals surface area (Å²) in [6, 6.07) is 6.89. The SMILES string of the molecule is C=Cc1ccc(CCC(C)CCCCNC)cc1CN(C)C(CCC=O)C(=C)NC. The summed E-state index contributed by atoms with van der Waals surface area (Å²) >= 11 is 0. The summed E-state index contributed by atoms with van der Waals surface area (Å²) in [5, 5.41) is 6.38. The van der Waals surface area contributed by atoms with Crippen LogP contribution in [-0.2, 0) is 17.8 Å². The molecule has 1 rings (SSSR count). The van der Waals surface area contributed by atoms with Crippen LogP contribution in [0.15, 0.2) is 37.1 Å². The van der Waals surface area contributed by atoms with Gasteiger partial charge in [-0.3, -0.25) is 4.90 Å². The Hall–Kier alpha value is -1.91. The van der Waals surface area contributed by atoms with Gasteiger partial charge in [-0.2, -0.15) is 0 Å². The van der Waals surface area contributed by atoms with Crippen LogP contribution in [0.2, 0.25) is 0 Å². The molecule has 0 amide bonds. The molecule has 0 heterocycles. The fourth-order valence-electron chi connectivity index (χ4n) is 3.93. The van der Waals surface area contributed by atoms with Gasteiger partial charge in [0.1, 0.15) is 6.29 Å². The third-order valence-electron chi connectivity index (χ3n) is 5.96. The van der Waals surface area contributed by atoms with Gasteiger partial charge in [0.2, 0.25) is 0 Å². The summed E-state index contributed by atoms with van der Waals surface area (Å²) < 4.78 is 0. The first kappa shape index (κ1) is 26.1. The Morgan fingerprint density at radius 3 is 2.60 bits per heavy atom. The molecule has 4 nitrogen and oxygen atoms in total. The summed E-state index contributed by atoms with van der Waals surface area (Å²) in [5.41, 5.74) is 4.80. The number of nitrogens with one attached hydrogen (secondary N) is 2. The Kier molecular flexibility index (Phi) is 13.0. The van der Waals surface area contributed by atoms with E-state index in [4.69, 9.17) is 0 Å². The quantitative estimate of drug-likeness (QED) is 0.284. The van der Waals surface area contributed by atoms with E-state index in [1.54, 1.807) is 0 Å². The van der Waals surface area contributed by atoms with Gasteiger partial charge < -0.3 is 15.4 Å². The normalized spacial score (nSPS) is 13.1. The number of nitrogens with zero attached hydrogens (tertiary/aromatic N) is 1. The van der Waals surface area contributed by atoms with Crippen molar-refractivity contribution in [2.75, 3.05) is 27.7 Å². The molecule has 0 bridgehead atoms. The molecule has 168 valence electrons. The van der Waals surface area contributed by atoms with Crippen molar-refractivity contribution < 1.29 is 4.79 Å². The second kappa shape index (κ2) is 15.0. The van der Waals surface area contributed by atoms with Crippen molar-refractivity contribution >= 4 is 12.4 Å². The van der Waals surface area contributed by atoms with Crippen molar-refractivity contribution in [2.45, 2.75) is 64.5 Å². The lowest BCUT2D eigenvalue weighted by Crippen LogP contribution is -2.36. The standard InChI is InChI=1S/C26H43N3O/c1-7-24-16-15-23(14-13-21(2)11-8-9-17-27-4)19-25(24)20-29(6)26(12-10-18-30)22(3)28-5/h7,15-16,18-19,21,26-28H,1,3,8-14,17,20H2,2,4-6H3. The number of carbonyl (C=O) groups is 1. The molecule has 0 saturated carbocycles. The molecule has 0 fully saturated rings. The van der Waals surface area contributed by atoms with Gasteiger partial charge in [0.05, 0.1) is 0 Å². The van der Waals surface area contributed by atoms with E-state index < -0.39 is 0 Å². The molecule has 30 heavy (non-hydrogen) atoms. The summed E-state index contributed by atoms with van der Waals surface area (Å²) in [4.78, 5) is 13.2. The highest BCUT2D eigenvalue weighted by Crippen LogP contribution is 2.22. The number of hydrogen-bond donors (Lipinski definition) is 2. The van der Waals surface area contributed by atoms with Crippen LogP contribution in [0.4, 0.5) is 0 Å². The molecule has 1 aromatic rings. The first-order chi connectivity index (χ1) is 14.5. The summed E-state index contributed by atoms with van der Waals surface area (Å²) in [6.07, 6.45) is 10.4. The Labute approximate surface area is 184 Å². The maximum Gasteiger partial charge on any atom is 0.120 e. The van der Waals surface area contributed by atoms with E-state index in [1.165, 1.54) is 42.4 Å². The van der Waals surface area contributed by atoms with Crippen molar-refractivity contribution in [1.29, 1.82) is 0 Å². The molecule has 0 aliphatic heterocycles. The van der Waals surface area contributed by atoms with Crippen molar-refractivity contribution in [3.05, 3.63) is 53.7 Å². The molecule has 0 aromatic heterocycles. The Morgan fingerprint density at radius 2 is 1.97 bits per heavy atom. The number of unbranched alkanes of at least 4 members (excludes halogenated alkanes) is 1. The Balaban J connectivity index is 2.77. The number of carbonyl (C=O) groups excluding carboxylic acids is 1. The molecule has 2 N–H and O–H groups in total. The predicted octanol–water partition coefficient (Wildman–Crippen LogP) is 4.80. The zero-order chi connectivity index (χ0) is 22.4. The average molecular weight is 414 g/mol. The van der Waals surface area contributed by atoms with Gasteiger partial charge in [0.25, 0.3) is 0 Å². The molecular formula is C26H43N3O. The van der Waals surface area contributed by atoms with Crippen LogP contribution in [0, 0.1) is 5.92 Å². The molecule has 0 aliphatic carbocycles. The molecule has 0 saturated heterocycles. The molecule has 0 aliphatic rings. The maximum atomic E-state index is 10.9. The number of hydrogen-bond acceptors (Lipinski definition) is 4. The van der Waals surface area contributed by atoms with Gasteiger partial charge in [-0.15, -0.1) is 0 Å². The third-order valence-corrected chi connectivity index (χ3v) is 5.96. The lowest BCUT2D eigenvalue weighted by Gasteiger charge is -2.30. The number of benzene rings is 1. The topological polar surface area (TPSA) is 44.4 Å². The number of aryl methyl sites for hydroxylation is 1. The van der Waals surface area contributed by atoms with Crippen molar-refractivity contribution in [3.8, 4) is 0 Å². The highest BCUT2D eigenvalue weighted by atomic mass is 16.1. The summed E-state index contributed by atoms with van der Waals surface area (Å²) in [6.45, 7) is 12.4. The highest BCUT2D eigenvalue weighted by Gasteiger charge is 2.18. The monoisotopic (exact) mass is 413 g/mol. The van der Waals surface area contributed by atoms with E-state index in [-0.39, 0.29) is 6.04 Å². The molecule has 0 radical (unpaired) electrons. The largest absolute Gasteiger partial charge is 0.391 e. The van der Waals surface area contributed by atoms with E-state index in [0.717, 1.165) is 43.8 Å². The van der Waals surface area contributed by atoms with Gasteiger partial charge >= 0.3 is 0 Å². The molecule has 2 unspecified atom stereocenters. The van der Waals surface area contributed by atoms with Crippen LogP contribution in [0.5, 0.6) is 0 Å². The van der Waals surface area contributed by atoms with Crippen molar-refractivity contribution in [2.24, 2.45) is 5.92 Å². The lowest BCUT2D eigenvalue weighted by atomic mass is 9.94. The summed E-state index contributed by atoms with van der Waals surface area (Å²) in [7, 11) is 6.01. The highest BCUT2D eigenvalue weighted by molar-refractivity contribution is 5.53. The summed E-state index contributed by atoms with van der Waals surface area (Å²) in [5.74, 6) is 0.749. The zero-order valence-corrected chi connectivity index (χ0v) is 19.7. The van der Waals surface area contributed by atoms with Crippen LogP contribution >= 0.6 is 0 Å².